The summed E-state index contributed by atoms with van der Waals surface area (Å²) in [7, 11) is 0. The van der Waals surface area contributed by atoms with Gasteiger partial charge in [-0.15, -0.1) is 0 Å². The van der Waals surface area contributed by atoms with Crippen LogP contribution in [0.15, 0.2) is 17.1 Å². The molecule has 0 saturated heterocycles. The Bertz CT molecular complexity index is 527. The van der Waals surface area contributed by atoms with Crippen LogP contribution >= 0.6 is 0 Å². The van der Waals surface area contributed by atoms with Crippen molar-refractivity contribution >= 4 is 5.69 Å². The van der Waals surface area contributed by atoms with E-state index in [9.17, 15) is 14.9 Å². The minimum atomic E-state index is -0.809. The topological polar surface area (TPSA) is 99.8 Å². The third-order valence-electron chi connectivity index (χ3n) is 1.34. The highest BCUT2D eigenvalue weighted by molar-refractivity contribution is 5.41. The maximum atomic E-state index is 10.9. The SMILES string of the molecule is N#CC#Cc1c[nH]c(=O)c([N+](=O)[O-])c1. The highest BCUT2D eigenvalue weighted by Gasteiger charge is 2.11. The first kappa shape index (κ1) is 9.49. The third kappa shape index (κ3) is 1.96. The minimum Gasteiger partial charge on any atom is -0.322 e. The molecule has 0 aromatic carbocycles. The zero-order valence-corrected chi connectivity index (χ0v) is 6.77. The maximum Gasteiger partial charge on any atom is 0.335 e. The monoisotopic (exact) mass is 189 g/mol. The van der Waals surface area contributed by atoms with Crippen LogP contribution in [0.1, 0.15) is 5.56 Å². The Morgan fingerprint density at radius 1 is 1.57 bits per heavy atom. The number of nitrogens with one attached hydrogen (secondary N) is 1. The minimum absolute atomic E-state index is 0.220. The quantitative estimate of drug-likeness (QED) is 0.386. The van der Waals surface area contributed by atoms with Gasteiger partial charge in [-0.2, -0.15) is 5.26 Å². The van der Waals surface area contributed by atoms with Crippen LogP contribution < -0.4 is 5.56 Å². The first-order valence-electron chi connectivity index (χ1n) is 3.42. The summed E-state index contributed by atoms with van der Waals surface area (Å²) in [6, 6.07) is 2.57. The zero-order chi connectivity index (χ0) is 10.6. The predicted octanol–water partition coefficient (Wildman–Crippen LogP) is 0.158. The fourth-order valence-corrected chi connectivity index (χ4v) is 0.780. The fraction of sp³-hybridized carbons (Fsp3) is 0. The summed E-state index contributed by atoms with van der Waals surface area (Å²) in [5, 5.41) is 18.5. The Kier molecular flexibility index (Phi) is 2.63. The largest absolute Gasteiger partial charge is 0.335 e. The number of aromatic nitrogens is 1. The molecular weight excluding hydrogens is 186 g/mol. The maximum absolute atomic E-state index is 10.9. The number of nitrogens with zero attached hydrogens (tertiary/aromatic N) is 2. The molecule has 6 nitrogen and oxygen atoms in total. The Labute approximate surface area is 78.0 Å². The fourth-order valence-electron chi connectivity index (χ4n) is 0.780. The van der Waals surface area contributed by atoms with Crippen LogP contribution in [-0.4, -0.2) is 9.91 Å². The second-order valence-electron chi connectivity index (χ2n) is 2.22. The van der Waals surface area contributed by atoms with E-state index in [2.05, 4.69) is 16.8 Å². The van der Waals surface area contributed by atoms with E-state index >= 15 is 0 Å². The first-order chi connectivity index (χ1) is 6.65. The number of nitriles is 1. The van der Waals surface area contributed by atoms with Gasteiger partial charge < -0.3 is 4.98 Å². The normalized spacial score (nSPS) is 8.21. The molecule has 6 heteroatoms. The van der Waals surface area contributed by atoms with Crippen LogP contribution in [0, 0.1) is 33.3 Å². The van der Waals surface area contributed by atoms with Gasteiger partial charge in [0.2, 0.25) is 0 Å². The van der Waals surface area contributed by atoms with E-state index in [1.165, 1.54) is 6.20 Å². The summed E-state index contributed by atoms with van der Waals surface area (Å²) in [6.45, 7) is 0. The van der Waals surface area contributed by atoms with Crippen molar-refractivity contribution in [2.45, 2.75) is 0 Å². The number of H-pyrrole nitrogens is 1. The summed E-state index contributed by atoms with van der Waals surface area (Å²) >= 11 is 0. The molecule has 1 heterocycles. The average Bonchev–Trinajstić information content (AvgIpc) is 2.16. The molecule has 0 spiro atoms. The summed E-state index contributed by atoms with van der Waals surface area (Å²) < 4.78 is 0. The molecule has 0 aliphatic heterocycles. The highest BCUT2D eigenvalue weighted by Crippen LogP contribution is 2.04. The number of aromatic amines is 1. The molecule has 1 N–H and O–H groups in total. The van der Waals surface area contributed by atoms with Crippen LogP contribution in [0.2, 0.25) is 0 Å². The van der Waals surface area contributed by atoms with Gasteiger partial charge in [0.05, 0.1) is 4.92 Å². The van der Waals surface area contributed by atoms with E-state index in [0.717, 1.165) is 6.07 Å². The molecule has 0 unspecified atom stereocenters. The van der Waals surface area contributed by atoms with Crippen molar-refractivity contribution in [1.82, 2.24) is 4.98 Å². The van der Waals surface area contributed by atoms with Gasteiger partial charge in [0.15, 0.2) is 6.07 Å². The Morgan fingerprint density at radius 3 is 2.86 bits per heavy atom. The molecule has 1 rings (SSSR count). The summed E-state index contributed by atoms with van der Waals surface area (Å²) in [4.78, 5) is 22.5. The van der Waals surface area contributed by atoms with E-state index in [-0.39, 0.29) is 5.56 Å². The van der Waals surface area contributed by atoms with Crippen molar-refractivity contribution < 1.29 is 4.92 Å². The number of hydrogen-bond acceptors (Lipinski definition) is 4. The van der Waals surface area contributed by atoms with E-state index in [1.807, 2.05) is 0 Å². The highest BCUT2D eigenvalue weighted by atomic mass is 16.6. The van der Waals surface area contributed by atoms with E-state index in [4.69, 9.17) is 5.26 Å². The van der Waals surface area contributed by atoms with E-state index in [0.29, 0.717) is 0 Å². The lowest BCUT2D eigenvalue weighted by Gasteiger charge is -1.90. The van der Waals surface area contributed by atoms with Gasteiger partial charge >= 0.3 is 11.2 Å². The first-order valence-corrected chi connectivity index (χ1v) is 3.42. The van der Waals surface area contributed by atoms with Crippen molar-refractivity contribution in [1.29, 1.82) is 5.26 Å². The molecule has 1 aromatic heterocycles. The van der Waals surface area contributed by atoms with Gasteiger partial charge in [0, 0.05) is 23.7 Å². The molecule has 0 fully saturated rings. The molecule has 0 bridgehead atoms. The number of pyridine rings is 1. The molecule has 0 amide bonds. The van der Waals surface area contributed by atoms with Gasteiger partial charge in [-0.3, -0.25) is 14.9 Å². The molecule has 0 radical (unpaired) electrons. The van der Waals surface area contributed by atoms with E-state index < -0.39 is 16.2 Å². The van der Waals surface area contributed by atoms with Crippen LogP contribution in [0.3, 0.4) is 0 Å². The Balaban J connectivity index is 3.28. The van der Waals surface area contributed by atoms with Crippen LogP contribution in [-0.2, 0) is 0 Å². The molecule has 0 aliphatic rings. The van der Waals surface area contributed by atoms with Crippen LogP contribution in [0.5, 0.6) is 0 Å². The van der Waals surface area contributed by atoms with Crippen LogP contribution in [0.25, 0.3) is 0 Å². The summed E-state index contributed by atoms with van der Waals surface area (Å²) in [5.41, 5.74) is -1.16. The van der Waals surface area contributed by atoms with Gasteiger partial charge in [0.25, 0.3) is 0 Å². The Morgan fingerprint density at radius 2 is 2.29 bits per heavy atom. The molecule has 1 aromatic rings. The van der Waals surface area contributed by atoms with Crippen molar-refractivity contribution in [3.8, 4) is 17.9 Å². The molecule has 68 valence electrons. The van der Waals surface area contributed by atoms with Crippen LogP contribution in [0.4, 0.5) is 5.69 Å². The van der Waals surface area contributed by atoms with Crippen molar-refractivity contribution in [2.75, 3.05) is 0 Å². The Hall–Kier alpha value is -2.60. The predicted molar refractivity (Wildman–Crippen MR) is 46.2 cm³/mol. The van der Waals surface area contributed by atoms with Crippen molar-refractivity contribution in [2.24, 2.45) is 0 Å². The lowest BCUT2D eigenvalue weighted by Crippen LogP contribution is -2.10. The lowest BCUT2D eigenvalue weighted by atomic mass is 10.2. The van der Waals surface area contributed by atoms with E-state index in [1.54, 1.807) is 6.07 Å². The van der Waals surface area contributed by atoms with Gasteiger partial charge in [-0.1, -0.05) is 0 Å². The molecule has 14 heavy (non-hydrogen) atoms. The second-order valence-corrected chi connectivity index (χ2v) is 2.22. The summed E-state index contributed by atoms with van der Waals surface area (Å²) in [6.07, 6.45) is 1.21. The molecule has 0 saturated carbocycles. The average molecular weight is 189 g/mol. The molecular formula is C8H3N3O3. The zero-order valence-electron chi connectivity index (χ0n) is 6.77. The van der Waals surface area contributed by atoms with Gasteiger partial charge in [-0.25, -0.2) is 0 Å². The molecule has 0 atom stereocenters. The van der Waals surface area contributed by atoms with Crippen molar-refractivity contribution in [3.05, 3.63) is 38.3 Å². The number of hydrogen-bond donors (Lipinski definition) is 1. The van der Waals surface area contributed by atoms with Gasteiger partial charge in [0.1, 0.15) is 0 Å². The molecule has 0 aliphatic carbocycles. The second kappa shape index (κ2) is 3.87. The van der Waals surface area contributed by atoms with Crippen molar-refractivity contribution in [3.63, 3.8) is 0 Å². The standard InChI is InChI=1S/C8H3N3O3/c9-3-1-2-6-4-7(11(13)14)8(12)10-5-6/h4-5H,(H,10,12). The van der Waals surface area contributed by atoms with Gasteiger partial charge in [-0.05, 0) is 5.92 Å². The summed E-state index contributed by atoms with van der Waals surface area (Å²) in [5.74, 6) is 4.39. The third-order valence-corrected chi connectivity index (χ3v) is 1.34. The smallest absolute Gasteiger partial charge is 0.322 e. The number of nitro groups is 1. The number of rotatable bonds is 1. The lowest BCUT2D eigenvalue weighted by molar-refractivity contribution is -0.386.